The molecule has 7 nitrogen and oxygen atoms in total. The maximum atomic E-state index is 11.2. The summed E-state index contributed by atoms with van der Waals surface area (Å²) in [6.45, 7) is 8.80. The van der Waals surface area contributed by atoms with Gasteiger partial charge in [-0.1, -0.05) is 38.4 Å². The first-order chi connectivity index (χ1) is 14.8. The van der Waals surface area contributed by atoms with Crippen molar-refractivity contribution in [3.8, 4) is 0 Å². The lowest BCUT2D eigenvalue weighted by atomic mass is 9.95. The minimum atomic E-state index is -0.807. The molecule has 1 saturated heterocycles. The number of hydrogen-bond donors (Lipinski definition) is 2. The van der Waals surface area contributed by atoms with Gasteiger partial charge in [-0.15, -0.1) is 10.2 Å². The zero-order chi connectivity index (χ0) is 22.4. The normalized spacial score (nSPS) is 15.6. The fraction of sp³-hybridized carbons (Fsp3) is 0.522. The van der Waals surface area contributed by atoms with E-state index >= 15 is 0 Å². The van der Waals surface area contributed by atoms with E-state index in [0.29, 0.717) is 22.9 Å². The first-order valence-corrected chi connectivity index (χ1v) is 11.2. The Bertz CT molecular complexity index is 870. The predicted octanol–water partition coefficient (Wildman–Crippen LogP) is 5.09. The topological polar surface area (TPSA) is 87.6 Å². The van der Waals surface area contributed by atoms with Crippen molar-refractivity contribution in [3.63, 3.8) is 0 Å². The van der Waals surface area contributed by atoms with Gasteiger partial charge >= 0.3 is 5.97 Å². The number of aromatic nitrogens is 2. The Morgan fingerprint density at radius 3 is 2.58 bits per heavy atom. The number of halogens is 1. The molecule has 1 aromatic carbocycles. The summed E-state index contributed by atoms with van der Waals surface area (Å²) in [5, 5.41) is 21.0. The van der Waals surface area contributed by atoms with Gasteiger partial charge in [0.25, 0.3) is 0 Å². The van der Waals surface area contributed by atoms with Gasteiger partial charge in [-0.25, -0.2) is 0 Å². The summed E-state index contributed by atoms with van der Waals surface area (Å²) in [6, 6.07) is 10.0. The van der Waals surface area contributed by atoms with Crippen LogP contribution in [0.2, 0.25) is 5.15 Å². The monoisotopic (exact) mass is 446 g/mol. The standard InChI is InChI=1S/C23H31ClN4O3/c1-15(2)14-28(18-8-10-31-11-9-18)20-5-4-17(16(3)12-23(29)30)13-19(20)25-22-7-6-21(24)26-27-22/h4-7,13,15-16,18H,8-12,14H2,1-3H3,(H,25,27)(H,29,30)/t16-/m1/s1. The van der Waals surface area contributed by atoms with Crippen molar-refractivity contribution in [2.24, 2.45) is 5.92 Å². The molecule has 0 radical (unpaired) electrons. The van der Waals surface area contributed by atoms with Gasteiger partial charge < -0.3 is 20.1 Å². The molecular formula is C23H31ClN4O3. The van der Waals surface area contributed by atoms with Crippen LogP contribution in [0.1, 0.15) is 51.5 Å². The van der Waals surface area contributed by atoms with Crippen LogP contribution >= 0.6 is 11.6 Å². The van der Waals surface area contributed by atoms with E-state index in [4.69, 9.17) is 16.3 Å². The third kappa shape index (κ3) is 6.55. The van der Waals surface area contributed by atoms with Crippen molar-refractivity contribution < 1.29 is 14.6 Å². The highest BCUT2D eigenvalue weighted by molar-refractivity contribution is 6.29. The van der Waals surface area contributed by atoms with Gasteiger partial charge in [-0.2, -0.15) is 0 Å². The van der Waals surface area contributed by atoms with Crippen LogP contribution in [0.5, 0.6) is 0 Å². The quantitative estimate of drug-likeness (QED) is 0.554. The lowest BCUT2D eigenvalue weighted by molar-refractivity contribution is -0.137. The second kappa shape index (κ2) is 10.8. The molecule has 1 atom stereocenters. The summed E-state index contributed by atoms with van der Waals surface area (Å²) in [5.74, 6) is 0.158. The van der Waals surface area contributed by atoms with Crippen LogP contribution in [0.25, 0.3) is 0 Å². The Labute approximate surface area is 188 Å². The Balaban J connectivity index is 2.00. The molecule has 168 valence electrons. The van der Waals surface area contributed by atoms with E-state index in [-0.39, 0.29) is 12.3 Å². The summed E-state index contributed by atoms with van der Waals surface area (Å²) in [6.07, 6.45) is 2.03. The lowest BCUT2D eigenvalue weighted by Crippen LogP contribution is -2.42. The number of ether oxygens (including phenoxy) is 1. The number of hydrogen-bond acceptors (Lipinski definition) is 6. The molecule has 0 aliphatic carbocycles. The van der Waals surface area contributed by atoms with Gasteiger partial charge in [0, 0.05) is 25.8 Å². The molecule has 3 rings (SSSR count). The van der Waals surface area contributed by atoms with E-state index < -0.39 is 5.97 Å². The third-order valence-electron chi connectivity index (χ3n) is 5.47. The second-order valence-electron chi connectivity index (χ2n) is 8.53. The number of carbonyl (C=O) groups is 1. The number of nitrogens with zero attached hydrogens (tertiary/aromatic N) is 3. The molecule has 0 saturated carbocycles. The molecule has 0 unspecified atom stereocenters. The Morgan fingerprint density at radius 2 is 1.97 bits per heavy atom. The molecule has 2 heterocycles. The van der Waals surface area contributed by atoms with Crippen LogP contribution in [0.3, 0.4) is 0 Å². The number of carboxylic acid groups (broad SMARTS) is 1. The zero-order valence-corrected chi connectivity index (χ0v) is 19.1. The van der Waals surface area contributed by atoms with Gasteiger partial charge in [0.05, 0.1) is 17.8 Å². The highest BCUT2D eigenvalue weighted by Gasteiger charge is 2.25. The smallest absolute Gasteiger partial charge is 0.303 e. The summed E-state index contributed by atoms with van der Waals surface area (Å²) < 4.78 is 5.59. The highest BCUT2D eigenvalue weighted by Crippen LogP contribution is 2.36. The van der Waals surface area contributed by atoms with E-state index in [9.17, 15) is 9.90 Å². The molecule has 1 aliphatic heterocycles. The minimum absolute atomic E-state index is 0.0786. The van der Waals surface area contributed by atoms with Crippen molar-refractivity contribution in [1.29, 1.82) is 0 Å². The van der Waals surface area contributed by atoms with Crippen molar-refractivity contribution in [1.82, 2.24) is 10.2 Å². The molecular weight excluding hydrogens is 416 g/mol. The largest absolute Gasteiger partial charge is 0.481 e. The number of rotatable bonds is 9. The van der Waals surface area contributed by atoms with Crippen molar-refractivity contribution in [2.45, 2.75) is 52.0 Å². The molecule has 1 aromatic heterocycles. The van der Waals surface area contributed by atoms with Gasteiger partial charge in [-0.05, 0) is 54.5 Å². The molecule has 31 heavy (non-hydrogen) atoms. The van der Waals surface area contributed by atoms with Gasteiger partial charge in [0.15, 0.2) is 11.0 Å². The fourth-order valence-corrected chi connectivity index (χ4v) is 4.05. The SMILES string of the molecule is CC(C)CN(c1ccc([C@H](C)CC(=O)O)cc1Nc1ccc(Cl)nn1)C1CCOCC1. The number of anilines is 3. The lowest BCUT2D eigenvalue weighted by Gasteiger charge is -2.38. The molecule has 0 spiro atoms. The summed E-state index contributed by atoms with van der Waals surface area (Å²) in [5.41, 5.74) is 2.93. The van der Waals surface area contributed by atoms with Gasteiger partial charge in [-0.3, -0.25) is 4.79 Å². The predicted molar refractivity (Wildman–Crippen MR) is 123 cm³/mol. The van der Waals surface area contributed by atoms with E-state index in [1.54, 1.807) is 12.1 Å². The second-order valence-corrected chi connectivity index (χ2v) is 8.92. The third-order valence-corrected chi connectivity index (χ3v) is 5.67. The molecule has 8 heteroatoms. The van der Waals surface area contributed by atoms with Gasteiger partial charge in [0.2, 0.25) is 0 Å². The average Bonchev–Trinajstić information content (AvgIpc) is 2.74. The van der Waals surface area contributed by atoms with Crippen LogP contribution < -0.4 is 10.2 Å². The molecule has 2 N–H and O–H groups in total. The first kappa shape index (κ1) is 23.3. The van der Waals surface area contributed by atoms with Gasteiger partial charge in [0.1, 0.15) is 0 Å². The summed E-state index contributed by atoms with van der Waals surface area (Å²) in [4.78, 5) is 13.7. The van der Waals surface area contributed by atoms with E-state index in [0.717, 1.165) is 49.5 Å². The van der Waals surface area contributed by atoms with Crippen LogP contribution in [0.15, 0.2) is 30.3 Å². The minimum Gasteiger partial charge on any atom is -0.481 e. The van der Waals surface area contributed by atoms with Crippen molar-refractivity contribution >= 4 is 34.8 Å². The Kier molecular flexibility index (Phi) is 8.09. The molecule has 1 aliphatic rings. The van der Waals surface area contributed by atoms with Crippen LogP contribution in [0, 0.1) is 5.92 Å². The average molecular weight is 447 g/mol. The van der Waals surface area contributed by atoms with Crippen LogP contribution in [-0.4, -0.2) is 47.1 Å². The maximum absolute atomic E-state index is 11.2. The van der Waals surface area contributed by atoms with Crippen molar-refractivity contribution in [2.75, 3.05) is 30.0 Å². The molecule has 0 bridgehead atoms. The highest BCUT2D eigenvalue weighted by atomic mass is 35.5. The Hall–Kier alpha value is -2.38. The van der Waals surface area contributed by atoms with E-state index in [1.165, 1.54) is 0 Å². The molecule has 0 amide bonds. The van der Waals surface area contributed by atoms with Crippen LogP contribution in [0.4, 0.5) is 17.2 Å². The van der Waals surface area contributed by atoms with E-state index in [1.807, 2.05) is 19.1 Å². The number of carboxylic acids is 1. The van der Waals surface area contributed by atoms with Crippen molar-refractivity contribution in [3.05, 3.63) is 41.0 Å². The summed E-state index contributed by atoms with van der Waals surface area (Å²) >= 11 is 5.89. The van der Waals surface area contributed by atoms with E-state index in [2.05, 4.69) is 40.3 Å². The zero-order valence-electron chi connectivity index (χ0n) is 18.3. The first-order valence-electron chi connectivity index (χ1n) is 10.8. The number of benzene rings is 1. The Morgan fingerprint density at radius 1 is 1.23 bits per heavy atom. The molecule has 1 fully saturated rings. The van der Waals surface area contributed by atoms with Crippen LogP contribution in [-0.2, 0) is 9.53 Å². The summed E-state index contributed by atoms with van der Waals surface area (Å²) in [7, 11) is 0. The number of aliphatic carboxylic acids is 1. The molecule has 2 aromatic rings. The number of nitrogens with one attached hydrogen (secondary N) is 1. The fourth-order valence-electron chi connectivity index (χ4n) is 3.95. The maximum Gasteiger partial charge on any atom is 0.303 e.